The predicted molar refractivity (Wildman–Crippen MR) is 101 cm³/mol. The summed E-state index contributed by atoms with van der Waals surface area (Å²) in [5.74, 6) is 1.04. The van der Waals surface area contributed by atoms with E-state index < -0.39 is 0 Å². The van der Waals surface area contributed by atoms with Crippen LogP contribution < -0.4 is 5.32 Å². The lowest BCUT2D eigenvalue weighted by Crippen LogP contribution is -2.52. The first-order valence-electron chi connectivity index (χ1n) is 10.0. The minimum atomic E-state index is 0.0473. The first kappa shape index (κ1) is 17.1. The normalized spacial score (nSPS) is 36.7. The molecule has 2 saturated carbocycles. The summed E-state index contributed by atoms with van der Waals surface area (Å²) in [7, 11) is 0. The Kier molecular flexibility index (Phi) is 4.18. The maximum atomic E-state index is 13.1. The Hall–Kier alpha value is -1.35. The number of likely N-dealkylation sites (tertiary alicyclic amines) is 1. The first-order chi connectivity index (χ1) is 11.9. The van der Waals surface area contributed by atoms with Crippen molar-refractivity contribution in [3.05, 3.63) is 35.9 Å². The standard InChI is InChI=1S/C22H32N2O/c1-21(2)17-11-12-22(21,3)19(14-17)23-20(25)18-10-7-13-24(18)15-16-8-5-4-6-9-16/h4-6,8-9,17-19H,7,10-15H2,1-3H3,(H,23,25)/t17-,18+,19-,22+/m1/s1. The number of amides is 1. The van der Waals surface area contributed by atoms with E-state index in [0.29, 0.717) is 11.5 Å². The van der Waals surface area contributed by atoms with Crippen LogP contribution in [-0.4, -0.2) is 29.4 Å². The summed E-state index contributed by atoms with van der Waals surface area (Å²) < 4.78 is 0. The number of benzene rings is 1. The van der Waals surface area contributed by atoms with E-state index in [1.54, 1.807) is 0 Å². The van der Waals surface area contributed by atoms with E-state index in [1.807, 2.05) is 0 Å². The van der Waals surface area contributed by atoms with Gasteiger partial charge in [-0.3, -0.25) is 9.69 Å². The van der Waals surface area contributed by atoms with Crippen LogP contribution in [0.2, 0.25) is 0 Å². The lowest BCUT2D eigenvalue weighted by atomic mass is 9.69. The molecule has 136 valence electrons. The zero-order valence-corrected chi connectivity index (χ0v) is 15.9. The van der Waals surface area contributed by atoms with Gasteiger partial charge in [-0.1, -0.05) is 51.1 Å². The lowest BCUT2D eigenvalue weighted by Gasteiger charge is -2.40. The summed E-state index contributed by atoms with van der Waals surface area (Å²) in [6.45, 7) is 9.14. The number of nitrogens with zero attached hydrogens (tertiary/aromatic N) is 1. The Bertz CT molecular complexity index is 641. The molecule has 3 aliphatic rings. The zero-order valence-electron chi connectivity index (χ0n) is 15.9. The van der Waals surface area contributed by atoms with Gasteiger partial charge in [-0.15, -0.1) is 0 Å². The second kappa shape index (κ2) is 6.12. The number of nitrogens with one attached hydrogen (secondary N) is 1. The van der Waals surface area contributed by atoms with Crippen molar-refractivity contribution >= 4 is 5.91 Å². The molecule has 1 amide bonds. The van der Waals surface area contributed by atoms with Crippen molar-refractivity contribution in [1.82, 2.24) is 10.2 Å². The second-order valence-corrected chi connectivity index (χ2v) is 9.29. The van der Waals surface area contributed by atoms with Crippen LogP contribution in [0.3, 0.4) is 0 Å². The van der Waals surface area contributed by atoms with Gasteiger partial charge in [0, 0.05) is 12.6 Å². The third-order valence-corrected chi connectivity index (χ3v) is 8.01. The van der Waals surface area contributed by atoms with Crippen molar-refractivity contribution in [2.45, 2.75) is 71.5 Å². The molecule has 2 bridgehead atoms. The maximum absolute atomic E-state index is 13.1. The Morgan fingerprint density at radius 1 is 1.20 bits per heavy atom. The van der Waals surface area contributed by atoms with Gasteiger partial charge in [0.25, 0.3) is 0 Å². The predicted octanol–water partition coefficient (Wildman–Crippen LogP) is 3.98. The molecule has 0 aromatic heterocycles. The van der Waals surface area contributed by atoms with Crippen LogP contribution in [0.15, 0.2) is 30.3 Å². The van der Waals surface area contributed by atoms with Gasteiger partial charge < -0.3 is 5.32 Å². The maximum Gasteiger partial charge on any atom is 0.237 e. The molecule has 1 aromatic rings. The van der Waals surface area contributed by atoms with Crippen LogP contribution in [-0.2, 0) is 11.3 Å². The Labute approximate surface area is 152 Å². The molecule has 2 aliphatic carbocycles. The van der Waals surface area contributed by atoms with E-state index in [0.717, 1.165) is 31.8 Å². The van der Waals surface area contributed by atoms with E-state index in [4.69, 9.17) is 0 Å². The summed E-state index contributed by atoms with van der Waals surface area (Å²) in [4.78, 5) is 15.4. The molecule has 1 aliphatic heterocycles. The Balaban J connectivity index is 1.43. The molecule has 3 fully saturated rings. The molecule has 1 saturated heterocycles. The van der Waals surface area contributed by atoms with Crippen molar-refractivity contribution < 1.29 is 4.79 Å². The van der Waals surface area contributed by atoms with Crippen LogP contribution in [0, 0.1) is 16.7 Å². The highest BCUT2D eigenvalue weighted by Gasteiger charge is 2.61. The fraction of sp³-hybridized carbons (Fsp3) is 0.682. The van der Waals surface area contributed by atoms with Gasteiger partial charge in [-0.05, 0) is 61.0 Å². The van der Waals surface area contributed by atoms with E-state index in [1.165, 1.54) is 24.8 Å². The zero-order chi connectivity index (χ0) is 17.7. The average molecular weight is 341 g/mol. The van der Waals surface area contributed by atoms with Crippen LogP contribution in [0.5, 0.6) is 0 Å². The molecule has 0 unspecified atom stereocenters. The summed E-state index contributed by atoms with van der Waals surface area (Å²) in [5.41, 5.74) is 1.91. The number of hydrogen-bond donors (Lipinski definition) is 1. The van der Waals surface area contributed by atoms with Crippen molar-refractivity contribution in [1.29, 1.82) is 0 Å². The van der Waals surface area contributed by atoms with Gasteiger partial charge in [0.05, 0.1) is 6.04 Å². The third kappa shape index (κ3) is 2.71. The Morgan fingerprint density at radius 2 is 1.96 bits per heavy atom. The largest absolute Gasteiger partial charge is 0.351 e. The SMILES string of the molecule is CC1(C)[C@@H]2CC[C@@]1(C)[C@H](NC(=O)[C@@H]1CCCN1Cc1ccccc1)C2. The fourth-order valence-corrected chi connectivity index (χ4v) is 5.82. The topological polar surface area (TPSA) is 32.3 Å². The lowest BCUT2D eigenvalue weighted by molar-refractivity contribution is -0.127. The second-order valence-electron chi connectivity index (χ2n) is 9.29. The molecule has 3 heteroatoms. The molecule has 0 radical (unpaired) electrons. The highest BCUT2D eigenvalue weighted by atomic mass is 16.2. The molecule has 1 heterocycles. The number of hydrogen-bond acceptors (Lipinski definition) is 2. The smallest absolute Gasteiger partial charge is 0.237 e. The van der Waals surface area contributed by atoms with Crippen molar-refractivity contribution in [2.75, 3.05) is 6.54 Å². The van der Waals surface area contributed by atoms with Crippen LogP contribution in [0.1, 0.15) is 58.4 Å². The molecule has 4 rings (SSSR count). The quantitative estimate of drug-likeness (QED) is 0.899. The van der Waals surface area contributed by atoms with Gasteiger partial charge in [-0.2, -0.15) is 0 Å². The molecule has 4 atom stereocenters. The molecule has 1 aromatic carbocycles. The fourth-order valence-electron chi connectivity index (χ4n) is 5.82. The molecule has 0 spiro atoms. The van der Waals surface area contributed by atoms with Crippen LogP contribution in [0.4, 0.5) is 0 Å². The molecular weight excluding hydrogens is 308 g/mol. The van der Waals surface area contributed by atoms with E-state index in [-0.39, 0.29) is 17.4 Å². The van der Waals surface area contributed by atoms with Gasteiger partial charge in [0.1, 0.15) is 0 Å². The van der Waals surface area contributed by atoms with E-state index >= 15 is 0 Å². The highest BCUT2D eigenvalue weighted by molar-refractivity contribution is 5.82. The van der Waals surface area contributed by atoms with Gasteiger partial charge in [-0.25, -0.2) is 0 Å². The number of carbonyl (C=O) groups is 1. The minimum Gasteiger partial charge on any atom is -0.351 e. The summed E-state index contributed by atoms with van der Waals surface area (Å²) in [6.07, 6.45) is 5.88. The highest BCUT2D eigenvalue weighted by Crippen LogP contribution is 2.65. The summed E-state index contributed by atoms with van der Waals surface area (Å²) in [6, 6.07) is 10.9. The monoisotopic (exact) mass is 340 g/mol. The third-order valence-electron chi connectivity index (χ3n) is 8.01. The summed E-state index contributed by atoms with van der Waals surface area (Å²) >= 11 is 0. The van der Waals surface area contributed by atoms with Crippen LogP contribution >= 0.6 is 0 Å². The number of fused-ring (bicyclic) bond motifs is 2. The minimum absolute atomic E-state index is 0.0473. The number of carbonyl (C=O) groups excluding carboxylic acids is 1. The van der Waals surface area contributed by atoms with Gasteiger partial charge >= 0.3 is 0 Å². The van der Waals surface area contributed by atoms with Crippen molar-refractivity contribution in [3.8, 4) is 0 Å². The van der Waals surface area contributed by atoms with E-state index in [9.17, 15) is 4.79 Å². The average Bonchev–Trinajstić information content (AvgIpc) is 3.18. The molecular formula is C22H32N2O. The van der Waals surface area contributed by atoms with Crippen molar-refractivity contribution in [2.24, 2.45) is 16.7 Å². The molecule has 3 nitrogen and oxygen atoms in total. The summed E-state index contributed by atoms with van der Waals surface area (Å²) in [5, 5.41) is 3.48. The van der Waals surface area contributed by atoms with Crippen molar-refractivity contribution in [3.63, 3.8) is 0 Å². The van der Waals surface area contributed by atoms with Gasteiger partial charge in [0.2, 0.25) is 5.91 Å². The molecule has 25 heavy (non-hydrogen) atoms. The van der Waals surface area contributed by atoms with Crippen LogP contribution in [0.25, 0.3) is 0 Å². The molecule has 1 N–H and O–H groups in total. The first-order valence-corrected chi connectivity index (χ1v) is 10.0. The Morgan fingerprint density at radius 3 is 2.60 bits per heavy atom. The van der Waals surface area contributed by atoms with Gasteiger partial charge in [0.15, 0.2) is 0 Å². The van der Waals surface area contributed by atoms with E-state index in [2.05, 4.69) is 61.3 Å². The number of rotatable bonds is 4.